The van der Waals surface area contributed by atoms with Crippen LogP contribution >= 0.6 is 11.8 Å². The predicted octanol–water partition coefficient (Wildman–Crippen LogP) is 3.19. The van der Waals surface area contributed by atoms with Crippen LogP contribution in [0.2, 0.25) is 0 Å². The first-order valence-electron chi connectivity index (χ1n) is 10.8. The predicted molar refractivity (Wildman–Crippen MR) is 123 cm³/mol. The number of benzene rings is 1. The third-order valence-electron chi connectivity index (χ3n) is 5.70. The van der Waals surface area contributed by atoms with Crippen LogP contribution in [0.15, 0.2) is 29.4 Å². The first kappa shape index (κ1) is 24.5. The van der Waals surface area contributed by atoms with Crippen molar-refractivity contribution in [3.63, 3.8) is 0 Å². The second-order valence-corrected chi connectivity index (χ2v) is 11.0. The van der Waals surface area contributed by atoms with Crippen LogP contribution in [0, 0.1) is 11.7 Å². The smallest absolute Gasteiger partial charge is 0.232 e. The standard InChI is InChI=1S/C21H30FN5O3S2/c1-4-26-19(13-27(32(3,29)30)17-11-9-16(22)10-12-17)24-25-21(26)31-14-20(28)23-18-8-6-5-7-15(18)2/h9-12,15,18H,4-8,13-14H2,1-3H3,(H,23,28)/t15-,18-/m1/s1. The van der Waals surface area contributed by atoms with E-state index in [0.29, 0.717) is 29.1 Å². The van der Waals surface area contributed by atoms with Gasteiger partial charge in [0.15, 0.2) is 11.0 Å². The molecule has 0 radical (unpaired) electrons. The first-order chi connectivity index (χ1) is 15.2. The highest BCUT2D eigenvalue weighted by molar-refractivity contribution is 7.99. The second-order valence-electron chi connectivity index (χ2n) is 8.11. The molecule has 2 aromatic rings. The Morgan fingerprint density at radius 2 is 1.94 bits per heavy atom. The number of anilines is 1. The number of thioether (sulfide) groups is 1. The Morgan fingerprint density at radius 1 is 1.25 bits per heavy atom. The van der Waals surface area contributed by atoms with Gasteiger partial charge < -0.3 is 9.88 Å². The van der Waals surface area contributed by atoms with E-state index in [1.54, 1.807) is 4.57 Å². The Morgan fingerprint density at radius 3 is 2.56 bits per heavy atom. The summed E-state index contributed by atoms with van der Waals surface area (Å²) in [5.41, 5.74) is 0.342. The second kappa shape index (κ2) is 10.7. The molecule has 0 unspecified atom stereocenters. The molecule has 1 heterocycles. The van der Waals surface area contributed by atoms with E-state index in [1.807, 2.05) is 6.92 Å². The molecule has 1 aliphatic carbocycles. The molecule has 1 amide bonds. The number of amides is 1. The molecule has 1 fully saturated rings. The number of aromatic nitrogens is 3. The molecule has 1 saturated carbocycles. The molecule has 0 bridgehead atoms. The number of hydrogen-bond acceptors (Lipinski definition) is 6. The maximum atomic E-state index is 13.3. The molecule has 3 rings (SSSR count). The summed E-state index contributed by atoms with van der Waals surface area (Å²) in [7, 11) is -3.63. The van der Waals surface area contributed by atoms with E-state index in [-0.39, 0.29) is 24.2 Å². The number of carbonyl (C=O) groups is 1. The van der Waals surface area contributed by atoms with E-state index in [4.69, 9.17) is 0 Å². The topological polar surface area (TPSA) is 97.2 Å². The van der Waals surface area contributed by atoms with Gasteiger partial charge in [-0.3, -0.25) is 9.10 Å². The van der Waals surface area contributed by atoms with Gasteiger partial charge in [0.1, 0.15) is 5.82 Å². The van der Waals surface area contributed by atoms with E-state index >= 15 is 0 Å². The van der Waals surface area contributed by atoms with Gasteiger partial charge in [-0.1, -0.05) is 31.5 Å². The molecular weight excluding hydrogens is 453 g/mol. The summed E-state index contributed by atoms with van der Waals surface area (Å²) in [5, 5.41) is 12.0. The number of halogens is 1. The Balaban J connectivity index is 1.69. The first-order valence-corrected chi connectivity index (χ1v) is 13.6. The minimum absolute atomic E-state index is 0.0370. The molecule has 1 aliphatic rings. The summed E-state index contributed by atoms with van der Waals surface area (Å²) < 4.78 is 41.0. The fourth-order valence-corrected chi connectivity index (χ4v) is 5.59. The molecule has 2 atom stereocenters. The van der Waals surface area contributed by atoms with Gasteiger partial charge in [-0.25, -0.2) is 12.8 Å². The molecule has 0 spiro atoms. The summed E-state index contributed by atoms with van der Waals surface area (Å²) in [6.07, 6.45) is 5.59. The van der Waals surface area contributed by atoms with E-state index in [9.17, 15) is 17.6 Å². The summed E-state index contributed by atoms with van der Waals surface area (Å²) in [6.45, 7) is 4.56. The summed E-state index contributed by atoms with van der Waals surface area (Å²) >= 11 is 1.28. The number of rotatable bonds is 9. The van der Waals surface area contributed by atoms with E-state index < -0.39 is 15.8 Å². The zero-order chi connectivity index (χ0) is 23.3. The minimum Gasteiger partial charge on any atom is -0.352 e. The highest BCUT2D eigenvalue weighted by Crippen LogP contribution is 2.25. The Bertz CT molecular complexity index is 1030. The van der Waals surface area contributed by atoms with E-state index in [2.05, 4.69) is 22.4 Å². The van der Waals surface area contributed by atoms with Gasteiger partial charge >= 0.3 is 0 Å². The lowest BCUT2D eigenvalue weighted by Crippen LogP contribution is -2.41. The number of carbonyl (C=O) groups excluding carboxylic acids is 1. The SMILES string of the molecule is CCn1c(CN(c2ccc(F)cc2)S(C)(=O)=O)nnc1SCC(=O)N[C@@H]1CCCC[C@H]1C. The number of nitrogens with one attached hydrogen (secondary N) is 1. The van der Waals surface area contributed by atoms with Crippen molar-refractivity contribution in [3.8, 4) is 0 Å². The number of hydrogen-bond donors (Lipinski definition) is 1. The van der Waals surface area contributed by atoms with Crippen molar-refractivity contribution in [1.82, 2.24) is 20.1 Å². The Labute approximate surface area is 193 Å². The normalized spacial score (nSPS) is 19.0. The van der Waals surface area contributed by atoms with Crippen molar-refractivity contribution in [2.75, 3.05) is 16.3 Å². The fourth-order valence-electron chi connectivity index (χ4n) is 3.91. The van der Waals surface area contributed by atoms with E-state index in [0.717, 1.165) is 29.8 Å². The van der Waals surface area contributed by atoms with Crippen molar-refractivity contribution in [1.29, 1.82) is 0 Å². The van der Waals surface area contributed by atoms with Gasteiger partial charge in [0, 0.05) is 12.6 Å². The van der Waals surface area contributed by atoms with Crippen LogP contribution in [0.5, 0.6) is 0 Å². The third kappa shape index (κ3) is 6.22. The number of sulfonamides is 1. The lowest BCUT2D eigenvalue weighted by atomic mass is 9.86. The molecule has 176 valence electrons. The van der Waals surface area contributed by atoms with Gasteiger partial charge in [-0.15, -0.1) is 10.2 Å². The highest BCUT2D eigenvalue weighted by atomic mass is 32.2. The van der Waals surface area contributed by atoms with Crippen LogP contribution in [0.4, 0.5) is 10.1 Å². The van der Waals surface area contributed by atoms with Crippen LogP contribution in [-0.2, 0) is 27.9 Å². The highest BCUT2D eigenvalue weighted by Gasteiger charge is 2.24. The van der Waals surface area contributed by atoms with Crippen molar-refractivity contribution in [2.24, 2.45) is 5.92 Å². The van der Waals surface area contributed by atoms with Crippen molar-refractivity contribution < 1.29 is 17.6 Å². The van der Waals surface area contributed by atoms with Crippen LogP contribution < -0.4 is 9.62 Å². The van der Waals surface area contributed by atoms with E-state index in [1.165, 1.54) is 42.4 Å². The Hall–Kier alpha value is -2.14. The summed E-state index contributed by atoms with van der Waals surface area (Å²) in [5.74, 6) is 0.668. The molecule has 8 nitrogen and oxygen atoms in total. The maximum Gasteiger partial charge on any atom is 0.232 e. The largest absolute Gasteiger partial charge is 0.352 e. The molecule has 0 saturated heterocycles. The van der Waals surface area contributed by atoms with Crippen LogP contribution in [-0.4, -0.2) is 47.1 Å². The van der Waals surface area contributed by atoms with Crippen molar-refractivity contribution in [3.05, 3.63) is 35.9 Å². The average molecular weight is 484 g/mol. The maximum absolute atomic E-state index is 13.3. The lowest BCUT2D eigenvalue weighted by molar-refractivity contribution is -0.119. The van der Waals surface area contributed by atoms with Crippen LogP contribution in [0.25, 0.3) is 0 Å². The molecule has 32 heavy (non-hydrogen) atoms. The van der Waals surface area contributed by atoms with Crippen molar-refractivity contribution >= 4 is 33.4 Å². The third-order valence-corrected chi connectivity index (χ3v) is 7.81. The molecule has 1 aromatic heterocycles. The van der Waals surface area contributed by atoms with Gasteiger partial charge in [0.05, 0.1) is 24.2 Å². The minimum atomic E-state index is -3.63. The van der Waals surface area contributed by atoms with Crippen LogP contribution in [0.3, 0.4) is 0 Å². The molecule has 1 N–H and O–H groups in total. The monoisotopic (exact) mass is 483 g/mol. The summed E-state index contributed by atoms with van der Waals surface area (Å²) in [4.78, 5) is 12.5. The van der Waals surface area contributed by atoms with Crippen LogP contribution in [0.1, 0.15) is 45.4 Å². The molecule has 1 aromatic carbocycles. The van der Waals surface area contributed by atoms with Gasteiger partial charge in [0.2, 0.25) is 15.9 Å². The zero-order valence-corrected chi connectivity index (χ0v) is 20.3. The Kier molecular flexibility index (Phi) is 8.16. The molecular formula is C21H30FN5O3S2. The van der Waals surface area contributed by atoms with Crippen molar-refractivity contribution in [2.45, 2.75) is 63.8 Å². The zero-order valence-electron chi connectivity index (χ0n) is 18.6. The quantitative estimate of drug-likeness (QED) is 0.550. The average Bonchev–Trinajstić information content (AvgIpc) is 3.14. The summed E-state index contributed by atoms with van der Waals surface area (Å²) in [6, 6.07) is 5.47. The molecule has 11 heteroatoms. The lowest BCUT2D eigenvalue weighted by Gasteiger charge is -2.29. The fraction of sp³-hybridized carbons (Fsp3) is 0.571. The van der Waals surface area contributed by atoms with Gasteiger partial charge in [-0.2, -0.15) is 0 Å². The number of nitrogens with zero attached hydrogens (tertiary/aromatic N) is 4. The van der Waals surface area contributed by atoms with Gasteiger partial charge in [0.25, 0.3) is 0 Å². The van der Waals surface area contributed by atoms with Gasteiger partial charge in [-0.05, 0) is 49.9 Å². The molecule has 0 aliphatic heterocycles.